The van der Waals surface area contributed by atoms with Crippen LogP contribution in [0.4, 0.5) is 15.5 Å². The number of benzene rings is 1. The summed E-state index contributed by atoms with van der Waals surface area (Å²) in [6.07, 6.45) is 2.94. The Morgan fingerprint density at radius 1 is 1.17 bits per heavy atom. The number of hydrogen-bond acceptors (Lipinski definition) is 5. The fourth-order valence-corrected chi connectivity index (χ4v) is 4.49. The summed E-state index contributed by atoms with van der Waals surface area (Å²) in [6, 6.07) is 13.1. The van der Waals surface area contributed by atoms with Crippen LogP contribution in [0.25, 0.3) is 0 Å². The van der Waals surface area contributed by atoms with Gasteiger partial charge in [-0.1, -0.05) is 30.3 Å². The molecule has 3 heterocycles. The molecule has 1 aliphatic heterocycles. The number of fused-ring (bicyclic) bond motifs is 1. The van der Waals surface area contributed by atoms with Gasteiger partial charge in [-0.15, -0.1) is 11.3 Å². The number of primary amides is 1. The van der Waals surface area contributed by atoms with Crippen LogP contribution in [0.5, 0.6) is 0 Å². The van der Waals surface area contributed by atoms with Crippen molar-refractivity contribution in [2.45, 2.75) is 19.4 Å². The Hall–Kier alpha value is -3.23. The van der Waals surface area contributed by atoms with Crippen LogP contribution in [0.3, 0.4) is 0 Å². The number of aromatic nitrogens is 1. The van der Waals surface area contributed by atoms with E-state index in [0.717, 1.165) is 21.7 Å². The molecule has 0 atom stereocenters. The Kier molecular flexibility index (Phi) is 5.55. The standard InChI is InChI=1S/C21H20N4O3S/c22-19(26)18-16-7-9-28-12-17(16)29-20(18)25-21(27)24-14-6-8-23-15(11-14)10-13-4-2-1-3-5-13/h1-6,8,11H,7,9-10,12H2,(H2,22,26)(H2,23,24,25,27). The lowest BCUT2D eigenvalue weighted by Gasteiger charge is -2.12. The zero-order chi connectivity index (χ0) is 20.2. The smallest absolute Gasteiger partial charge is 0.324 e. The predicted molar refractivity (Wildman–Crippen MR) is 112 cm³/mol. The van der Waals surface area contributed by atoms with Crippen molar-refractivity contribution in [2.24, 2.45) is 5.73 Å². The predicted octanol–water partition coefficient (Wildman–Crippen LogP) is 3.55. The van der Waals surface area contributed by atoms with Gasteiger partial charge in [-0.05, 0) is 29.7 Å². The van der Waals surface area contributed by atoms with Crippen LogP contribution in [-0.4, -0.2) is 23.5 Å². The number of carbonyl (C=O) groups is 2. The highest BCUT2D eigenvalue weighted by Crippen LogP contribution is 2.36. The fraction of sp³-hybridized carbons (Fsp3) is 0.190. The molecule has 3 aromatic rings. The number of nitrogens with one attached hydrogen (secondary N) is 2. The summed E-state index contributed by atoms with van der Waals surface area (Å²) in [4.78, 5) is 29.7. The highest BCUT2D eigenvalue weighted by Gasteiger charge is 2.25. The quantitative estimate of drug-likeness (QED) is 0.600. The molecule has 0 fully saturated rings. The van der Waals surface area contributed by atoms with E-state index >= 15 is 0 Å². The number of nitrogens with zero attached hydrogens (tertiary/aromatic N) is 1. The number of carbonyl (C=O) groups excluding carboxylic acids is 2. The van der Waals surface area contributed by atoms with Gasteiger partial charge in [-0.2, -0.15) is 0 Å². The van der Waals surface area contributed by atoms with Gasteiger partial charge >= 0.3 is 6.03 Å². The van der Waals surface area contributed by atoms with Crippen LogP contribution in [0.15, 0.2) is 48.7 Å². The summed E-state index contributed by atoms with van der Waals surface area (Å²) in [6.45, 7) is 0.966. The van der Waals surface area contributed by atoms with Gasteiger partial charge in [0.2, 0.25) is 0 Å². The van der Waals surface area contributed by atoms with Gasteiger partial charge in [-0.25, -0.2) is 4.79 Å². The molecule has 8 heteroatoms. The first-order valence-electron chi connectivity index (χ1n) is 9.19. The number of ether oxygens (including phenoxy) is 1. The van der Waals surface area contributed by atoms with Crippen molar-refractivity contribution in [2.75, 3.05) is 17.2 Å². The molecule has 1 aliphatic rings. The third kappa shape index (κ3) is 4.44. The van der Waals surface area contributed by atoms with Crippen molar-refractivity contribution in [3.63, 3.8) is 0 Å². The molecule has 0 saturated carbocycles. The number of amides is 3. The first kappa shape index (κ1) is 19.1. The minimum Gasteiger partial charge on any atom is -0.376 e. The Morgan fingerprint density at radius 2 is 2.00 bits per heavy atom. The van der Waals surface area contributed by atoms with Crippen LogP contribution in [0, 0.1) is 0 Å². The van der Waals surface area contributed by atoms with Crippen LogP contribution in [0.2, 0.25) is 0 Å². The van der Waals surface area contributed by atoms with Crippen molar-refractivity contribution < 1.29 is 14.3 Å². The molecular formula is C21H20N4O3S. The number of rotatable bonds is 5. The van der Waals surface area contributed by atoms with E-state index in [4.69, 9.17) is 10.5 Å². The van der Waals surface area contributed by atoms with Crippen LogP contribution in [0.1, 0.15) is 32.1 Å². The van der Waals surface area contributed by atoms with Crippen molar-refractivity contribution in [1.29, 1.82) is 0 Å². The number of pyridine rings is 1. The number of nitrogens with two attached hydrogens (primary N) is 1. The van der Waals surface area contributed by atoms with Gasteiger partial charge in [0, 0.05) is 28.9 Å². The molecule has 148 valence electrons. The van der Waals surface area contributed by atoms with E-state index in [-0.39, 0.29) is 0 Å². The second-order valence-electron chi connectivity index (χ2n) is 6.65. The maximum absolute atomic E-state index is 12.5. The van der Waals surface area contributed by atoms with Crippen LogP contribution < -0.4 is 16.4 Å². The molecule has 0 radical (unpaired) electrons. The van der Waals surface area contributed by atoms with Crippen molar-refractivity contribution in [3.8, 4) is 0 Å². The Balaban J connectivity index is 1.47. The molecule has 4 N–H and O–H groups in total. The first-order valence-corrected chi connectivity index (χ1v) is 10.0. The van der Waals surface area contributed by atoms with Gasteiger partial charge < -0.3 is 15.8 Å². The normalized spacial score (nSPS) is 12.8. The van der Waals surface area contributed by atoms with E-state index < -0.39 is 11.9 Å². The fourth-order valence-electron chi connectivity index (χ4n) is 3.30. The summed E-state index contributed by atoms with van der Waals surface area (Å²) in [5.41, 5.74) is 9.40. The maximum atomic E-state index is 12.5. The summed E-state index contributed by atoms with van der Waals surface area (Å²) < 4.78 is 5.43. The van der Waals surface area contributed by atoms with Crippen LogP contribution >= 0.6 is 11.3 Å². The number of hydrogen-bond donors (Lipinski definition) is 3. The molecule has 4 rings (SSSR count). The Labute approximate surface area is 171 Å². The van der Waals surface area contributed by atoms with E-state index in [2.05, 4.69) is 15.6 Å². The molecule has 7 nitrogen and oxygen atoms in total. The molecule has 0 saturated heterocycles. The number of anilines is 2. The third-order valence-electron chi connectivity index (χ3n) is 4.60. The highest BCUT2D eigenvalue weighted by atomic mass is 32.1. The van der Waals surface area contributed by atoms with E-state index in [0.29, 0.717) is 42.3 Å². The lowest BCUT2D eigenvalue weighted by molar-refractivity contribution is 0.0991. The minimum absolute atomic E-state index is 0.378. The summed E-state index contributed by atoms with van der Waals surface area (Å²) >= 11 is 1.32. The molecule has 1 aromatic carbocycles. The molecular weight excluding hydrogens is 388 g/mol. The van der Waals surface area contributed by atoms with Crippen molar-refractivity contribution in [3.05, 3.63) is 75.9 Å². The Bertz CT molecular complexity index is 1050. The molecule has 3 amide bonds. The molecule has 2 aromatic heterocycles. The lowest BCUT2D eigenvalue weighted by Crippen LogP contribution is -2.22. The van der Waals surface area contributed by atoms with Crippen LogP contribution in [-0.2, 0) is 24.2 Å². The summed E-state index contributed by atoms with van der Waals surface area (Å²) in [7, 11) is 0. The maximum Gasteiger partial charge on any atom is 0.324 e. The molecule has 0 spiro atoms. The molecule has 29 heavy (non-hydrogen) atoms. The highest BCUT2D eigenvalue weighted by molar-refractivity contribution is 7.17. The zero-order valence-corrected chi connectivity index (χ0v) is 16.4. The average molecular weight is 408 g/mol. The number of thiophene rings is 1. The lowest BCUT2D eigenvalue weighted by atomic mass is 10.1. The Morgan fingerprint density at radius 3 is 2.79 bits per heavy atom. The van der Waals surface area contributed by atoms with Gasteiger partial charge in [0.25, 0.3) is 5.91 Å². The summed E-state index contributed by atoms with van der Waals surface area (Å²) in [5, 5.41) is 6.00. The van der Waals surface area contributed by atoms with E-state index in [1.807, 2.05) is 36.4 Å². The van der Waals surface area contributed by atoms with Gasteiger partial charge in [0.1, 0.15) is 5.00 Å². The van der Waals surface area contributed by atoms with Gasteiger partial charge in [0.15, 0.2) is 0 Å². The molecule has 0 aliphatic carbocycles. The van der Waals surface area contributed by atoms with E-state index in [1.165, 1.54) is 11.3 Å². The molecule has 0 unspecified atom stereocenters. The minimum atomic E-state index is -0.547. The van der Waals surface area contributed by atoms with Crippen molar-refractivity contribution >= 4 is 34.0 Å². The number of urea groups is 1. The monoisotopic (exact) mass is 408 g/mol. The summed E-state index contributed by atoms with van der Waals surface area (Å²) in [5.74, 6) is -0.547. The van der Waals surface area contributed by atoms with Gasteiger partial charge in [-0.3, -0.25) is 15.1 Å². The van der Waals surface area contributed by atoms with E-state index in [1.54, 1.807) is 12.3 Å². The largest absolute Gasteiger partial charge is 0.376 e. The van der Waals surface area contributed by atoms with E-state index in [9.17, 15) is 9.59 Å². The third-order valence-corrected chi connectivity index (χ3v) is 5.72. The molecule has 0 bridgehead atoms. The SMILES string of the molecule is NC(=O)c1c(NC(=O)Nc2ccnc(Cc3ccccc3)c2)sc2c1CCOC2. The van der Waals surface area contributed by atoms with Gasteiger partial charge in [0.05, 0.1) is 18.8 Å². The topological polar surface area (TPSA) is 106 Å². The second-order valence-corrected chi connectivity index (χ2v) is 7.76. The zero-order valence-electron chi connectivity index (χ0n) is 15.6. The van der Waals surface area contributed by atoms with Crippen molar-refractivity contribution in [1.82, 2.24) is 4.98 Å². The first-order chi connectivity index (χ1) is 14.1. The second kappa shape index (κ2) is 8.42. The average Bonchev–Trinajstić information content (AvgIpc) is 3.06.